The van der Waals surface area contributed by atoms with Crippen LogP contribution in [0.2, 0.25) is 0 Å². The van der Waals surface area contributed by atoms with Gasteiger partial charge in [-0.15, -0.1) is 0 Å². The molecule has 0 amide bonds. The minimum Gasteiger partial charge on any atom is -0.481 e. The highest BCUT2D eigenvalue weighted by molar-refractivity contribution is 5.67. The molecule has 5 heteroatoms. The van der Waals surface area contributed by atoms with Crippen molar-refractivity contribution >= 4 is 11.9 Å². The molecule has 2 N–H and O–H groups in total. The first kappa shape index (κ1) is 12.2. The molecule has 86 valence electrons. The lowest BCUT2D eigenvalue weighted by Crippen LogP contribution is -2.03. The number of hydrogen-bond donors (Lipinski definition) is 2. The molecule has 1 rings (SSSR count). The van der Waals surface area contributed by atoms with Gasteiger partial charge in [0.1, 0.15) is 0 Å². The molecule has 0 bridgehead atoms. The average Bonchev–Trinajstić information content (AvgIpc) is 2.24. The van der Waals surface area contributed by atoms with E-state index >= 15 is 0 Å². The van der Waals surface area contributed by atoms with Crippen molar-refractivity contribution in [2.45, 2.75) is 25.7 Å². The van der Waals surface area contributed by atoms with Gasteiger partial charge in [0.25, 0.3) is 0 Å². The molecule has 0 radical (unpaired) electrons. The van der Waals surface area contributed by atoms with Crippen LogP contribution in [0.25, 0.3) is 0 Å². The highest BCUT2D eigenvalue weighted by atomic mass is 16.4. The summed E-state index contributed by atoms with van der Waals surface area (Å²) in [6.07, 6.45) is 0.817. The summed E-state index contributed by atoms with van der Waals surface area (Å²) in [4.78, 5) is 24.9. The summed E-state index contributed by atoms with van der Waals surface area (Å²) >= 11 is 0. The van der Waals surface area contributed by atoms with Gasteiger partial charge in [-0.25, -0.2) is 0 Å². The molecule has 16 heavy (non-hydrogen) atoms. The van der Waals surface area contributed by atoms with Gasteiger partial charge >= 0.3 is 11.9 Å². The Kier molecular flexibility index (Phi) is 4.44. The topological polar surface area (TPSA) is 87.5 Å². The quantitative estimate of drug-likeness (QED) is 0.754. The van der Waals surface area contributed by atoms with E-state index < -0.39 is 11.9 Å². The summed E-state index contributed by atoms with van der Waals surface area (Å²) in [6.45, 7) is 0. The monoisotopic (exact) mass is 223 g/mol. The molecule has 1 aromatic heterocycles. The number of carboxylic acid groups (broad SMARTS) is 2. The van der Waals surface area contributed by atoms with Gasteiger partial charge in [0.2, 0.25) is 0 Å². The van der Waals surface area contributed by atoms with E-state index in [1.165, 1.54) is 0 Å². The van der Waals surface area contributed by atoms with Gasteiger partial charge in [0.15, 0.2) is 0 Å². The van der Waals surface area contributed by atoms with Crippen molar-refractivity contribution < 1.29 is 19.8 Å². The summed E-state index contributed by atoms with van der Waals surface area (Å²) in [5, 5.41) is 17.0. The lowest BCUT2D eigenvalue weighted by Gasteiger charge is -2.02. The molecule has 1 heterocycles. The summed E-state index contributed by atoms with van der Waals surface area (Å²) in [7, 11) is 0. The number of aliphatic carboxylic acids is 2. The highest BCUT2D eigenvalue weighted by Crippen LogP contribution is 2.04. The van der Waals surface area contributed by atoms with E-state index in [2.05, 4.69) is 4.98 Å². The van der Waals surface area contributed by atoms with E-state index in [1.54, 1.807) is 18.2 Å². The number of carbonyl (C=O) groups is 2. The first-order chi connectivity index (χ1) is 7.58. The van der Waals surface area contributed by atoms with Crippen LogP contribution in [0.4, 0.5) is 0 Å². The second-order valence-electron chi connectivity index (χ2n) is 3.41. The Morgan fingerprint density at radius 2 is 1.44 bits per heavy atom. The number of nitrogens with zero attached hydrogens (tertiary/aromatic N) is 1. The molecule has 0 saturated heterocycles. The fraction of sp³-hybridized carbons (Fsp3) is 0.364. The Morgan fingerprint density at radius 3 is 1.81 bits per heavy atom. The summed E-state index contributed by atoms with van der Waals surface area (Å²) in [5.74, 6) is -1.73. The van der Waals surface area contributed by atoms with Gasteiger partial charge in [-0.05, 0) is 12.1 Å². The van der Waals surface area contributed by atoms with Crippen LogP contribution in [-0.2, 0) is 22.4 Å². The van der Waals surface area contributed by atoms with Gasteiger partial charge in [0, 0.05) is 24.2 Å². The maximum Gasteiger partial charge on any atom is 0.303 e. The second-order valence-corrected chi connectivity index (χ2v) is 3.41. The van der Waals surface area contributed by atoms with Gasteiger partial charge in [-0.3, -0.25) is 14.6 Å². The first-order valence-corrected chi connectivity index (χ1v) is 4.96. The second kappa shape index (κ2) is 5.85. The molecule has 0 aromatic carbocycles. The summed E-state index contributed by atoms with van der Waals surface area (Å²) < 4.78 is 0. The molecule has 0 aliphatic rings. The smallest absolute Gasteiger partial charge is 0.303 e. The number of aryl methyl sites for hydroxylation is 2. The van der Waals surface area contributed by atoms with Crippen molar-refractivity contribution in [2.24, 2.45) is 0 Å². The SMILES string of the molecule is O=C(O)CCc1cccc(CCC(=O)O)n1. The predicted molar refractivity (Wildman–Crippen MR) is 56.2 cm³/mol. The molecule has 0 spiro atoms. The van der Waals surface area contributed by atoms with E-state index in [0.717, 1.165) is 0 Å². The van der Waals surface area contributed by atoms with E-state index in [0.29, 0.717) is 24.2 Å². The summed E-state index contributed by atoms with van der Waals surface area (Å²) in [5.41, 5.74) is 1.37. The minimum absolute atomic E-state index is 0.0371. The number of rotatable bonds is 6. The van der Waals surface area contributed by atoms with Gasteiger partial charge in [-0.2, -0.15) is 0 Å². The van der Waals surface area contributed by atoms with Crippen LogP contribution >= 0.6 is 0 Å². The molecule has 0 aliphatic carbocycles. The zero-order valence-corrected chi connectivity index (χ0v) is 8.72. The Bertz CT molecular complexity index is 356. The van der Waals surface area contributed by atoms with Crippen LogP contribution in [0.5, 0.6) is 0 Å². The largest absolute Gasteiger partial charge is 0.481 e. The normalized spacial score (nSPS) is 10.0. The molecule has 5 nitrogen and oxygen atoms in total. The number of pyridine rings is 1. The van der Waals surface area contributed by atoms with Crippen LogP contribution in [0.1, 0.15) is 24.2 Å². The average molecular weight is 223 g/mol. The highest BCUT2D eigenvalue weighted by Gasteiger charge is 2.03. The van der Waals surface area contributed by atoms with Crippen LogP contribution in [0, 0.1) is 0 Å². The Balaban J connectivity index is 2.56. The third-order valence-corrected chi connectivity index (χ3v) is 2.05. The molecule has 0 saturated carbocycles. The zero-order valence-electron chi connectivity index (χ0n) is 8.72. The van der Waals surface area contributed by atoms with Crippen LogP contribution in [0.15, 0.2) is 18.2 Å². The number of carboxylic acids is 2. The molecular formula is C11H13NO4. The lowest BCUT2D eigenvalue weighted by molar-refractivity contribution is -0.137. The van der Waals surface area contributed by atoms with Crippen molar-refractivity contribution in [3.8, 4) is 0 Å². The third kappa shape index (κ3) is 4.54. The van der Waals surface area contributed by atoms with Crippen LogP contribution in [0.3, 0.4) is 0 Å². The van der Waals surface area contributed by atoms with Crippen molar-refractivity contribution in [1.29, 1.82) is 0 Å². The van der Waals surface area contributed by atoms with Crippen LogP contribution in [-0.4, -0.2) is 27.1 Å². The van der Waals surface area contributed by atoms with Gasteiger partial charge in [-0.1, -0.05) is 6.07 Å². The fourth-order valence-electron chi connectivity index (χ4n) is 1.28. The Labute approximate surface area is 92.8 Å². The van der Waals surface area contributed by atoms with E-state index in [1.807, 2.05) is 0 Å². The molecular weight excluding hydrogens is 210 g/mol. The minimum atomic E-state index is -0.863. The van der Waals surface area contributed by atoms with Crippen molar-refractivity contribution in [2.75, 3.05) is 0 Å². The van der Waals surface area contributed by atoms with Gasteiger partial charge in [0.05, 0.1) is 12.8 Å². The van der Waals surface area contributed by atoms with E-state index in [4.69, 9.17) is 10.2 Å². The first-order valence-electron chi connectivity index (χ1n) is 4.96. The number of aromatic nitrogens is 1. The van der Waals surface area contributed by atoms with Crippen molar-refractivity contribution in [3.63, 3.8) is 0 Å². The van der Waals surface area contributed by atoms with Crippen molar-refractivity contribution in [1.82, 2.24) is 4.98 Å². The van der Waals surface area contributed by atoms with E-state index in [-0.39, 0.29) is 12.8 Å². The summed E-state index contributed by atoms with van der Waals surface area (Å²) in [6, 6.07) is 5.25. The molecule has 0 aliphatic heterocycles. The third-order valence-electron chi connectivity index (χ3n) is 2.05. The van der Waals surface area contributed by atoms with Crippen LogP contribution < -0.4 is 0 Å². The van der Waals surface area contributed by atoms with Gasteiger partial charge < -0.3 is 10.2 Å². The molecule has 0 fully saturated rings. The number of hydrogen-bond acceptors (Lipinski definition) is 3. The standard InChI is InChI=1S/C11H13NO4/c13-10(14)6-4-8-2-1-3-9(12-8)5-7-11(15)16/h1-3H,4-7H2,(H,13,14)(H,15,16). The Morgan fingerprint density at radius 1 is 1.00 bits per heavy atom. The van der Waals surface area contributed by atoms with Crippen molar-refractivity contribution in [3.05, 3.63) is 29.6 Å². The fourth-order valence-corrected chi connectivity index (χ4v) is 1.28. The zero-order chi connectivity index (χ0) is 12.0. The Hall–Kier alpha value is -1.91. The molecule has 1 aromatic rings. The maximum absolute atomic E-state index is 10.4. The maximum atomic E-state index is 10.4. The molecule has 0 unspecified atom stereocenters. The lowest BCUT2D eigenvalue weighted by atomic mass is 10.1. The van der Waals surface area contributed by atoms with E-state index in [9.17, 15) is 9.59 Å². The predicted octanol–water partition coefficient (Wildman–Crippen LogP) is 1.12. The molecule has 0 atom stereocenters.